The molecule has 4 aromatic rings. The van der Waals surface area contributed by atoms with E-state index in [2.05, 4.69) is 89.8 Å². The zero-order valence-electron chi connectivity index (χ0n) is 16.8. The average Bonchev–Trinajstić information content (AvgIpc) is 2.84. The van der Waals surface area contributed by atoms with E-state index >= 15 is 0 Å². The Hall–Kier alpha value is -3.85. The minimum atomic E-state index is 0.00205. The van der Waals surface area contributed by atoms with Gasteiger partial charge in [0.15, 0.2) is 0 Å². The summed E-state index contributed by atoms with van der Waals surface area (Å²) in [6, 6.07) is 37.6. The summed E-state index contributed by atoms with van der Waals surface area (Å²) in [5.41, 5.74) is 5.50. The molecule has 0 spiro atoms. The zero-order valence-corrected chi connectivity index (χ0v) is 16.8. The van der Waals surface area contributed by atoms with E-state index in [0.29, 0.717) is 0 Å². The molecule has 1 atom stereocenters. The predicted octanol–water partition coefficient (Wildman–Crippen LogP) is 6.38. The highest BCUT2D eigenvalue weighted by molar-refractivity contribution is 6.13. The van der Waals surface area contributed by atoms with Gasteiger partial charge in [0.05, 0.1) is 18.8 Å². The van der Waals surface area contributed by atoms with Crippen LogP contribution in [0.1, 0.15) is 22.7 Å². The van der Waals surface area contributed by atoms with Crippen LogP contribution in [0.25, 0.3) is 0 Å². The summed E-state index contributed by atoms with van der Waals surface area (Å²) >= 11 is 0. The summed E-state index contributed by atoms with van der Waals surface area (Å²) in [7, 11) is 1.69. The number of rotatable bonds is 4. The largest absolute Gasteiger partial charge is 0.497 e. The highest BCUT2D eigenvalue weighted by Gasteiger charge is 2.33. The van der Waals surface area contributed by atoms with Crippen LogP contribution in [-0.4, -0.2) is 12.9 Å². The van der Waals surface area contributed by atoms with Gasteiger partial charge in [-0.25, -0.2) is 4.99 Å². The highest BCUT2D eigenvalue weighted by Crippen LogP contribution is 2.43. The Bertz CT molecular complexity index is 1170. The van der Waals surface area contributed by atoms with Gasteiger partial charge in [-0.2, -0.15) is 0 Å². The lowest BCUT2D eigenvalue weighted by atomic mass is 9.92. The molecule has 0 aromatic heterocycles. The number of para-hydroxylation sites is 1. The molecule has 30 heavy (non-hydrogen) atoms. The fraction of sp³-hybridized carbons (Fsp3) is 0.0741. The van der Waals surface area contributed by atoms with E-state index in [1.165, 1.54) is 5.56 Å². The second-order valence-corrected chi connectivity index (χ2v) is 7.24. The molecule has 0 saturated heterocycles. The van der Waals surface area contributed by atoms with E-state index < -0.39 is 0 Å². The van der Waals surface area contributed by atoms with Crippen molar-refractivity contribution >= 4 is 17.2 Å². The molecule has 0 saturated carbocycles. The first-order valence-corrected chi connectivity index (χ1v) is 10.1. The molecule has 3 nitrogen and oxygen atoms in total. The van der Waals surface area contributed by atoms with Crippen LogP contribution in [0.15, 0.2) is 114 Å². The van der Waals surface area contributed by atoms with Gasteiger partial charge in [-0.15, -0.1) is 0 Å². The number of anilines is 1. The number of fused-ring (bicyclic) bond motifs is 1. The number of hydrogen-bond acceptors (Lipinski definition) is 3. The third-order valence-corrected chi connectivity index (χ3v) is 5.43. The Morgan fingerprint density at radius 3 is 2.03 bits per heavy atom. The van der Waals surface area contributed by atoms with Gasteiger partial charge in [-0.3, -0.25) is 0 Å². The number of amidine groups is 1. The first-order chi connectivity index (χ1) is 14.8. The van der Waals surface area contributed by atoms with E-state index in [9.17, 15) is 0 Å². The van der Waals surface area contributed by atoms with Gasteiger partial charge >= 0.3 is 0 Å². The SMILES string of the molecule is COc1ccc2c(c1)N=C(c1ccccc1)N(c1ccccc1)C2c1ccccc1. The molecule has 0 bridgehead atoms. The van der Waals surface area contributed by atoms with Crippen molar-refractivity contribution in [3.8, 4) is 5.75 Å². The second-order valence-electron chi connectivity index (χ2n) is 7.24. The van der Waals surface area contributed by atoms with Gasteiger partial charge in [0.2, 0.25) is 0 Å². The minimum absolute atomic E-state index is 0.00205. The molecular formula is C27H22N2O. The highest BCUT2D eigenvalue weighted by atomic mass is 16.5. The third-order valence-electron chi connectivity index (χ3n) is 5.43. The van der Waals surface area contributed by atoms with Crippen molar-refractivity contribution in [2.45, 2.75) is 6.04 Å². The first kappa shape index (κ1) is 18.2. The molecular weight excluding hydrogens is 368 g/mol. The summed E-state index contributed by atoms with van der Waals surface area (Å²) in [5.74, 6) is 1.74. The summed E-state index contributed by atoms with van der Waals surface area (Å²) < 4.78 is 5.49. The lowest BCUT2D eigenvalue weighted by Crippen LogP contribution is -2.38. The van der Waals surface area contributed by atoms with Crippen LogP contribution in [0.3, 0.4) is 0 Å². The maximum atomic E-state index is 5.49. The minimum Gasteiger partial charge on any atom is -0.497 e. The van der Waals surface area contributed by atoms with Crippen molar-refractivity contribution in [2.24, 2.45) is 4.99 Å². The Morgan fingerprint density at radius 1 is 0.733 bits per heavy atom. The lowest BCUT2D eigenvalue weighted by Gasteiger charge is -2.39. The van der Waals surface area contributed by atoms with E-state index in [4.69, 9.17) is 9.73 Å². The topological polar surface area (TPSA) is 24.8 Å². The number of methoxy groups -OCH3 is 1. The van der Waals surface area contributed by atoms with Crippen LogP contribution in [-0.2, 0) is 0 Å². The smallest absolute Gasteiger partial charge is 0.141 e. The summed E-state index contributed by atoms with van der Waals surface area (Å²) in [6.07, 6.45) is 0. The van der Waals surface area contributed by atoms with Gasteiger partial charge < -0.3 is 9.64 Å². The number of ether oxygens (including phenoxy) is 1. The van der Waals surface area contributed by atoms with Gasteiger partial charge in [-0.1, -0.05) is 84.9 Å². The van der Waals surface area contributed by atoms with E-state index in [1.807, 2.05) is 24.3 Å². The van der Waals surface area contributed by atoms with E-state index in [1.54, 1.807) is 7.11 Å². The predicted molar refractivity (Wildman–Crippen MR) is 123 cm³/mol. The summed E-state index contributed by atoms with van der Waals surface area (Å²) in [5, 5.41) is 0. The molecule has 3 heteroatoms. The molecule has 1 heterocycles. The average molecular weight is 390 g/mol. The monoisotopic (exact) mass is 390 g/mol. The molecule has 1 aliphatic rings. The van der Waals surface area contributed by atoms with Crippen molar-refractivity contribution in [3.05, 3.63) is 126 Å². The van der Waals surface area contributed by atoms with E-state index in [-0.39, 0.29) is 6.04 Å². The van der Waals surface area contributed by atoms with E-state index in [0.717, 1.165) is 34.1 Å². The Morgan fingerprint density at radius 2 is 1.37 bits per heavy atom. The van der Waals surface area contributed by atoms with Crippen molar-refractivity contribution in [1.29, 1.82) is 0 Å². The summed E-state index contributed by atoms with van der Waals surface area (Å²) in [4.78, 5) is 7.45. The van der Waals surface area contributed by atoms with Crippen LogP contribution in [0.4, 0.5) is 11.4 Å². The third kappa shape index (κ3) is 3.25. The standard InChI is InChI=1S/C27H22N2O/c1-30-23-17-18-24-25(19-23)28-27(21-13-7-3-8-14-21)29(22-15-9-4-10-16-22)26(24)20-11-5-2-6-12-20/h2-19,26H,1H3. The van der Waals surface area contributed by atoms with Crippen molar-refractivity contribution in [2.75, 3.05) is 12.0 Å². The Balaban J connectivity index is 1.80. The van der Waals surface area contributed by atoms with Crippen molar-refractivity contribution in [3.63, 3.8) is 0 Å². The molecule has 0 N–H and O–H groups in total. The van der Waals surface area contributed by atoms with Crippen LogP contribution in [0.5, 0.6) is 5.75 Å². The number of aliphatic imine (C=N–C) groups is 1. The normalized spacial score (nSPS) is 15.3. The maximum Gasteiger partial charge on any atom is 0.141 e. The summed E-state index contributed by atoms with van der Waals surface area (Å²) in [6.45, 7) is 0. The zero-order chi connectivity index (χ0) is 20.3. The Kier molecular flexibility index (Phi) is 4.78. The molecule has 1 unspecified atom stereocenters. The van der Waals surface area contributed by atoms with Crippen molar-refractivity contribution in [1.82, 2.24) is 0 Å². The fourth-order valence-corrected chi connectivity index (χ4v) is 4.02. The van der Waals surface area contributed by atoms with Gasteiger partial charge in [0, 0.05) is 22.9 Å². The first-order valence-electron chi connectivity index (χ1n) is 10.1. The van der Waals surface area contributed by atoms with Crippen LogP contribution < -0.4 is 9.64 Å². The van der Waals surface area contributed by atoms with Gasteiger partial charge in [-0.05, 0) is 23.8 Å². The van der Waals surface area contributed by atoms with Crippen LogP contribution >= 0.6 is 0 Å². The van der Waals surface area contributed by atoms with Crippen LogP contribution in [0, 0.1) is 0 Å². The van der Waals surface area contributed by atoms with Gasteiger partial charge in [0.25, 0.3) is 0 Å². The molecule has 5 rings (SSSR count). The second kappa shape index (κ2) is 7.88. The molecule has 0 amide bonds. The number of hydrogen-bond donors (Lipinski definition) is 0. The molecule has 1 aliphatic heterocycles. The lowest BCUT2D eigenvalue weighted by molar-refractivity contribution is 0.414. The number of nitrogens with zero attached hydrogens (tertiary/aromatic N) is 2. The Labute approximate surface area is 176 Å². The number of benzene rings is 4. The van der Waals surface area contributed by atoms with Crippen LogP contribution in [0.2, 0.25) is 0 Å². The van der Waals surface area contributed by atoms with Gasteiger partial charge in [0.1, 0.15) is 11.6 Å². The molecule has 146 valence electrons. The van der Waals surface area contributed by atoms with Crippen molar-refractivity contribution < 1.29 is 4.74 Å². The fourth-order valence-electron chi connectivity index (χ4n) is 4.02. The molecule has 0 radical (unpaired) electrons. The molecule has 0 aliphatic carbocycles. The maximum absolute atomic E-state index is 5.49. The molecule has 0 fully saturated rings. The quantitative estimate of drug-likeness (QED) is 0.404. The molecule has 4 aromatic carbocycles.